The fourth-order valence-electron chi connectivity index (χ4n) is 1.71. The molecule has 1 aliphatic heterocycles. The fraction of sp³-hybridized carbons (Fsp3) is 0.444. The largest absolute Gasteiger partial charge is 0.411 e. The first kappa shape index (κ1) is 12.5. The summed E-state index contributed by atoms with van der Waals surface area (Å²) in [7, 11) is 0. The van der Waals surface area contributed by atoms with Gasteiger partial charge >= 0.3 is 5.69 Å². The molecule has 0 amide bonds. The van der Waals surface area contributed by atoms with E-state index >= 15 is 0 Å². The Hall–Kier alpha value is -1.97. The molecule has 2 heterocycles. The van der Waals surface area contributed by atoms with Crippen molar-refractivity contribution in [2.45, 2.75) is 18.4 Å². The number of nitrogen functional groups attached to an aromatic ring is 1. The summed E-state index contributed by atoms with van der Waals surface area (Å²) in [5, 5.41) is 30.4. The predicted octanol–water partition coefficient (Wildman–Crippen LogP) is -2.09. The van der Waals surface area contributed by atoms with Crippen LogP contribution in [-0.2, 0) is 4.74 Å². The Kier molecular flexibility index (Phi) is 3.28. The Morgan fingerprint density at radius 3 is 2.89 bits per heavy atom. The summed E-state index contributed by atoms with van der Waals surface area (Å²) in [6, 6.07) is 1.36. The molecule has 1 aromatic rings. The molecule has 0 radical (unpaired) electrons. The highest BCUT2D eigenvalue weighted by Crippen LogP contribution is 2.25. The lowest BCUT2D eigenvalue weighted by Crippen LogP contribution is -2.32. The second-order valence-electron chi connectivity index (χ2n) is 3.72. The highest BCUT2D eigenvalue weighted by Gasteiger charge is 2.42. The van der Waals surface area contributed by atoms with E-state index in [4.69, 9.17) is 20.8 Å². The van der Waals surface area contributed by atoms with Crippen molar-refractivity contribution in [3.8, 4) is 0 Å². The Morgan fingerprint density at radius 2 is 2.33 bits per heavy atom. The molecule has 0 bridgehead atoms. The van der Waals surface area contributed by atoms with Crippen LogP contribution >= 0.6 is 0 Å². The standard InChI is InChI=1S/C9H12N4O5/c10-5-1-2-13(9(16)11-5)8-6(12-17)7(15)4(3-14)18-8/h1-2,4,7-8,14-15,17H,3H2,(H2,10,11,16)/b12-6-/t4-,7-,8-/m1/s1. The van der Waals surface area contributed by atoms with Crippen molar-refractivity contribution in [3.63, 3.8) is 0 Å². The van der Waals surface area contributed by atoms with Gasteiger partial charge in [-0.25, -0.2) is 4.79 Å². The van der Waals surface area contributed by atoms with E-state index in [1.54, 1.807) is 0 Å². The summed E-state index contributed by atoms with van der Waals surface area (Å²) in [6.07, 6.45) is -2.09. The molecular weight excluding hydrogens is 244 g/mol. The molecule has 0 saturated carbocycles. The predicted molar refractivity (Wildman–Crippen MR) is 59.1 cm³/mol. The summed E-state index contributed by atoms with van der Waals surface area (Å²) >= 11 is 0. The van der Waals surface area contributed by atoms with Gasteiger partial charge in [0, 0.05) is 6.20 Å². The third-order valence-corrected chi connectivity index (χ3v) is 2.61. The molecule has 9 heteroatoms. The third kappa shape index (κ3) is 1.94. The van der Waals surface area contributed by atoms with Crippen molar-refractivity contribution in [2.24, 2.45) is 5.16 Å². The van der Waals surface area contributed by atoms with Crippen LogP contribution < -0.4 is 11.4 Å². The molecule has 2 rings (SSSR count). The molecule has 0 aromatic carbocycles. The summed E-state index contributed by atoms with van der Waals surface area (Å²) in [6.45, 7) is -0.478. The van der Waals surface area contributed by atoms with Gasteiger partial charge in [0.2, 0.25) is 0 Å². The first-order valence-electron chi connectivity index (χ1n) is 5.09. The average Bonchev–Trinajstić information content (AvgIpc) is 2.65. The Bertz CT molecular complexity index is 528. The van der Waals surface area contributed by atoms with Crippen LogP contribution in [0.25, 0.3) is 0 Å². The van der Waals surface area contributed by atoms with Crippen LogP contribution in [0.4, 0.5) is 5.82 Å². The molecule has 1 aromatic heterocycles. The van der Waals surface area contributed by atoms with Gasteiger partial charge in [-0.2, -0.15) is 4.98 Å². The smallest absolute Gasteiger partial charge is 0.351 e. The topological polar surface area (TPSA) is 143 Å². The van der Waals surface area contributed by atoms with Crippen molar-refractivity contribution in [1.82, 2.24) is 9.55 Å². The normalized spacial score (nSPS) is 29.9. The van der Waals surface area contributed by atoms with Gasteiger partial charge in [0.25, 0.3) is 0 Å². The number of oxime groups is 1. The van der Waals surface area contributed by atoms with Gasteiger partial charge in [0.1, 0.15) is 23.7 Å². The maximum atomic E-state index is 11.6. The molecule has 5 N–H and O–H groups in total. The molecule has 18 heavy (non-hydrogen) atoms. The van der Waals surface area contributed by atoms with Crippen molar-refractivity contribution in [2.75, 3.05) is 12.3 Å². The molecule has 1 saturated heterocycles. The Balaban J connectivity index is 2.41. The van der Waals surface area contributed by atoms with Gasteiger partial charge in [-0.1, -0.05) is 5.16 Å². The molecule has 1 aliphatic rings. The van der Waals surface area contributed by atoms with Crippen LogP contribution in [0.2, 0.25) is 0 Å². The summed E-state index contributed by atoms with van der Waals surface area (Å²) < 4.78 is 6.23. The SMILES string of the molecule is Nc1ccn([C@@H]2O[C@H](CO)[C@@H](O)/C2=N/O)c(=O)n1. The van der Waals surface area contributed by atoms with Crippen LogP contribution in [0.15, 0.2) is 22.2 Å². The number of anilines is 1. The van der Waals surface area contributed by atoms with Gasteiger partial charge in [-0.3, -0.25) is 4.57 Å². The number of nitrogens with zero attached hydrogens (tertiary/aromatic N) is 3. The minimum atomic E-state index is -1.30. The first-order chi connectivity index (χ1) is 8.58. The average molecular weight is 256 g/mol. The Labute approximate surface area is 101 Å². The van der Waals surface area contributed by atoms with Crippen molar-refractivity contribution >= 4 is 11.5 Å². The molecule has 9 nitrogen and oxygen atoms in total. The highest BCUT2D eigenvalue weighted by atomic mass is 16.5. The van der Waals surface area contributed by atoms with E-state index in [1.165, 1.54) is 12.3 Å². The molecule has 98 valence electrons. The highest BCUT2D eigenvalue weighted by molar-refractivity contribution is 5.92. The number of ether oxygens (including phenoxy) is 1. The van der Waals surface area contributed by atoms with E-state index in [-0.39, 0.29) is 11.5 Å². The molecule has 3 atom stereocenters. The number of aliphatic hydroxyl groups is 2. The lowest BCUT2D eigenvalue weighted by atomic mass is 10.1. The van der Waals surface area contributed by atoms with Crippen LogP contribution in [-0.4, -0.2) is 49.5 Å². The Morgan fingerprint density at radius 1 is 1.61 bits per heavy atom. The van der Waals surface area contributed by atoms with Crippen LogP contribution in [0.5, 0.6) is 0 Å². The van der Waals surface area contributed by atoms with Crippen LogP contribution in [0.3, 0.4) is 0 Å². The van der Waals surface area contributed by atoms with E-state index in [0.29, 0.717) is 0 Å². The second-order valence-corrected chi connectivity index (χ2v) is 3.72. The number of hydrogen-bond donors (Lipinski definition) is 4. The van der Waals surface area contributed by atoms with Gasteiger partial charge in [0.15, 0.2) is 6.23 Å². The van der Waals surface area contributed by atoms with Crippen LogP contribution in [0, 0.1) is 0 Å². The number of rotatable bonds is 2. The zero-order valence-corrected chi connectivity index (χ0v) is 9.17. The van der Waals surface area contributed by atoms with Crippen molar-refractivity contribution in [1.29, 1.82) is 0 Å². The minimum absolute atomic E-state index is 0.0380. The lowest BCUT2D eigenvalue weighted by Gasteiger charge is -2.13. The molecule has 0 unspecified atom stereocenters. The molecule has 0 aliphatic carbocycles. The first-order valence-corrected chi connectivity index (χ1v) is 5.09. The van der Waals surface area contributed by atoms with E-state index in [9.17, 15) is 9.90 Å². The van der Waals surface area contributed by atoms with Crippen LogP contribution in [0.1, 0.15) is 6.23 Å². The lowest BCUT2D eigenvalue weighted by molar-refractivity contribution is -0.0441. The number of hydrogen-bond acceptors (Lipinski definition) is 8. The molecule has 0 spiro atoms. The number of nitrogens with two attached hydrogens (primary N) is 1. The zero-order chi connectivity index (χ0) is 13.3. The van der Waals surface area contributed by atoms with Gasteiger partial charge in [-0.05, 0) is 6.07 Å². The fourth-order valence-corrected chi connectivity index (χ4v) is 1.71. The molecule has 1 fully saturated rings. The van der Waals surface area contributed by atoms with Gasteiger partial charge in [-0.15, -0.1) is 0 Å². The van der Waals surface area contributed by atoms with Crippen molar-refractivity contribution < 1.29 is 20.2 Å². The van der Waals surface area contributed by atoms with Gasteiger partial charge in [0.05, 0.1) is 6.61 Å². The van der Waals surface area contributed by atoms with E-state index in [2.05, 4.69) is 10.1 Å². The van der Waals surface area contributed by atoms with E-state index in [0.717, 1.165) is 4.57 Å². The summed E-state index contributed by atoms with van der Waals surface area (Å²) in [4.78, 5) is 15.1. The third-order valence-electron chi connectivity index (χ3n) is 2.61. The minimum Gasteiger partial charge on any atom is -0.411 e. The monoisotopic (exact) mass is 256 g/mol. The molecular formula is C9H12N4O5. The summed E-state index contributed by atoms with van der Waals surface area (Å²) in [5.41, 5.74) is 4.45. The number of aromatic nitrogens is 2. The zero-order valence-electron chi connectivity index (χ0n) is 9.17. The quantitative estimate of drug-likeness (QED) is 0.350. The maximum absolute atomic E-state index is 11.6. The number of aliphatic hydroxyl groups excluding tert-OH is 2. The summed E-state index contributed by atoms with van der Waals surface area (Å²) in [5.74, 6) is 0.0380. The maximum Gasteiger partial charge on any atom is 0.351 e. The van der Waals surface area contributed by atoms with E-state index < -0.39 is 30.7 Å². The second kappa shape index (κ2) is 4.72. The van der Waals surface area contributed by atoms with Gasteiger partial charge < -0.3 is 25.9 Å². The van der Waals surface area contributed by atoms with Crippen molar-refractivity contribution in [3.05, 3.63) is 22.7 Å². The van der Waals surface area contributed by atoms with E-state index in [1.807, 2.05) is 0 Å².